The lowest BCUT2D eigenvalue weighted by Gasteiger charge is -2.32. The van der Waals surface area contributed by atoms with Gasteiger partial charge < -0.3 is 15.5 Å². The Bertz CT molecular complexity index is 1180. The summed E-state index contributed by atoms with van der Waals surface area (Å²) in [6.07, 6.45) is 3.65. The van der Waals surface area contributed by atoms with E-state index in [0.717, 1.165) is 53.6 Å². The minimum absolute atomic E-state index is 0.455. The van der Waals surface area contributed by atoms with Crippen LogP contribution in [-0.4, -0.2) is 45.0 Å². The molecule has 2 N–H and O–H groups in total. The number of imidazole rings is 1. The van der Waals surface area contributed by atoms with Gasteiger partial charge in [0.1, 0.15) is 23.2 Å². The molecule has 1 fully saturated rings. The molecule has 4 heterocycles. The van der Waals surface area contributed by atoms with Gasteiger partial charge in [-0.1, -0.05) is 18.2 Å². The molecule has 1 atom stereocenters. The molecule has 7 heteroatoms. The predicted molar refractivity (Wildman–Crippen MR) is 117 cm³/mol. The molecule has 148 valence electrons. The second-order valence-corrected chi connectivity index (χ2v) is 7.81. The third kappa shape index (κ3) is 3.17. The molecule has 1 aliphatic heterocycles. The summed E-state index contributed by atoms with van der Waals surface area (Å²) in [5.41, 5.74) is 6.04. The van der Waals surface area contributed by atoms with Gasteiger partial charge in [0, 0.05) is 31.4 Å². The lowest BCUT2D eigenvalue weighted by molar-refractivity contribution is 0.482. The van der Waals surface area contributed by atoms with E-state index < -0.39 is 0 Å². The fraction of sp³-hybridized carbons (Fsp3) is 0.318. The number of hydrogen-bond acceptors (Lipinski definition) is 6. The van der Waals surface area contributed by atoms with Gasteiger partial charge in [0.15, 0.2) is 11.5 Å². The highest BCUT2D eigenvalue weighted by molar-refractivity contribution is 5.85. The Hall–Kier alpha value is -3.19. The Labute approximate surface area is 169 Å². The van der Waals surface area contributed by atoms with E-state index in [-0.39, 0.29) is 0 Å². The van der Waals surface area contributed by atoms with Crippen molar-refractivity contribution in [1.29, 1.82) is 0 Å². The zero-order chi connectivity index (χ0) is 20.0. The molecule has 0 aliphatic carbocycles. The van der Waals surface area contributed by atoms with Crippen LogP contribution in [0.5, 0.6) is 0 Å². The molecule has 7 nitrogen and oxygen atoms in total. The van der Waals surface area contributed by atoms with Gasteiger partial charge in [-0.25, -0.2) is 15.0 Å². The van der Waals surface area contributed by atoms with Crippen LogP contribution < -0.4 is 15.5 Å². The average Bonchev–Trinajstić information content (AvgIpc) is 3.21. The number of para-hydroxylation sites is 1. The Balaban J connectivity index is 1.60. The van der Waals surface area contributed by atoms with Crippen molar-refractivity contribution in [3.05, 3.63) is 54.0 Å². The first-order valence-corrected chi connectivity index (χ1v) is 10.0. The monoisotopic (exact) mass is 387 g/mol. The normalized spacial score (nSPS) is 17.2. The van der Waals surface area contributed by atoms with E-state index in [1.54, 1.807) is 0 Å². The van der Waals surface area contributed by atoms with Crippen molar-refractivity contribution in [3.63, 3.8) is 0 Å². The number of nitrogens with zero attached hydrogens (tertiary/aromatic N) is 5. The number of anilines is 3. The van der Waals surface area contributed by atoms with Crippen LogP contribution in [0.3, 0.4) is 0 Å². The predicted octanol–water partition coefficient (Wildman–Crippen LogP) is 3.44. The number of piperazine rings is 1. The van der Waals surface area contributed by atoms with Crippen molar-refractivity contribution in [1.82, 2.24) is 24.7 Å². The number of hydrogen-bond donors (Lipinski definition) is 2. The SMILES string of the molecule is Cc1cccc(C)c1Nc1nc2ccc(N3CCN[C@@H](C)C3)nc2n2cncc12. The standard InChI is InChI=1S/C22H25N7/c1-14-5-4-6-15(2)20(14)27-21-18-11-23-13-29(18)22-17(25-21)7-8-19(26-22)28-10-9-24-16(3)12-28/h4-8,11,13,16,24H,9-10,12H2,1-3H3,(H,25,27)/t16-/m0/s1. The number of fused-ring (bicyclic) bond motifs is 3. The molecular weight excluding hydrogens is 362 g/mol. The highest BCUT2D eigenvalue weighted by atomic mass is 15.3. The van der Waals surface area contributed by atoms with Gasteiger partial charge >= 0.3 is 0 Å². The minimum atomic E-state index is 0.455. The van der Waals surface area contributed by atoms with Crippen LogP contribution in [0, 0.1) is 13.8 Å². The summed E-state index contributed by atoms with van der Waals surface area (Å²) in [6, 6.07) is 10.9. The average molecular weight is 387 g/mol. The number of pyridine rings is 1. The molecule has 0 unspecified atom stereocenters. The van der Waals surface area contributed by atoms with E-state index in [1.807, 2.05) is 16.9 Å². The van der Waals surface area contributed by atoms with Crippen LogP contribution in [0.4, 0.5) is 17.3 Å². The van der Waals surface area contributed by atoms with E-state index in [2.05, 4.69) is 71.6 Å². The maximum absolute atomic E-state index is 4.95. The Kier molecular flexibility index (Phi) is 4.32. The third-order valence-electron chi connectivity index (χ3n) is 5.60. The largest absolute Gasteiger partial charge is 0.354 e. The molecule has 0 radical (unpaired) electrons. The first-order valence-electron chi connectivity index (χ1n) is 10.0. The molecule has 0 spiro atoms. The second-order valence-electron chi connectivity index (χ2n) is 7.81. The van der Waals surface area contributed by atoms with Gasteiger partial charge in [-0.15, -0.1) is 0 Å². The second kappa shape index (κ2) is 7.00. The molecule has 0 amide bonds. The fourth-order valence-electron chi connectivity index (χ4n) is 4.05. The first-order chi connectivity index (χ1) is 14.1. The van der Waals surface area contributed by atoms with Crippen LogP contribution in [0.25, 0.3) is 16.7 Å². The summed E-state index contributed by atoms with van der Waals surface area (Å²) >= 11 is 0. The van der Waals surface area contributed by atoms with E-state index in [4.69, 9.17) is 9.97 Å². The van der Waals surface area contributed by atoms with Crippen LogP contribution >= 0.6 is 0 Å². The molecular formula is C22H25N7. The molecule has 3 aromatic heterocycles. The lowest BCUT2D eigenvalue weighted by Crippen LogP contribution is -2.49. The van der Waals surface area contributed by atoms with Crippen molar-refractivity contribution in [2.24, 2.45) is 0 Å². The van der Waals surface area contributed by atoms with Crippen LogP contribution in [0.2, 0.25) is 0 Å². The number of aromatic nitrogens is 4. The van der Waals surface area contributed by atoms with Crippen LogP contribution in [0.1, 0.15) is 18.1 Å². The Morgan fingerprint density at radius 3 is 2.72 bits per heavy atom. The molecule has 1 aromatic carbocycles. The maximum Gasteiger partial charge on any atom is 0.166 e. The van der Waals surface area contributed by atoms with Crippen molar-refractivity contribution in [3.8, 4) is 0 Å². The smallest absolute Gasteiger partial charge is 0.166 e. The van der Waals surface area contributed by atoms with Gasteiger partial charge in [0.2, 0.25) is 0 Å². The van der Waals surface area contributed by atoms with Crippen molar-refractivity contribution in [2.45, 2.75) is 26.8 Å². The van der Waals surface area contributed by atoms with Gasteiger partial charge in [-0.3, -0.25) is 4.40 Å². The zero-order valence-corrected chi connectivity index (χ0v) is 17.0. The van der Waals surface area contributed by atoms with Crippen molar-refractivity contribution >= 4 is 34.0 Å². The first kappa shape index (κ1) is 17.9. The molecule has 1 aliphatic rings. The highest BCUT2D eigenvalue weighted by Crippen LogP contribution is 2.28. The topological polar surface area (TPSA) is 70.4 Å². The van der Waals surface area contributed by atoms with Crippen LogP contribution in [-0.2, 0) is 0 Å². The van der Waals surface area contributed by atoms with Crippen molar-refractivity contribution < 1.29 is 0 Å². The van der Waals surface area contributed by atoms with Gasteiger partial charge in [-0.2, -0.15) is 0 Å². The van der Waals surface area contributed by atoms with E-state index in [1.165, 1.54) is 11.1 Å². The van der Waals surface area contributed by atoms with Gasteiger partial charge in [0.05, 0.1) is 6.20 Å². The summed E-state index contributed by atoms with van der Waals surface area (Å²) < 4.78 is 2.02. The summed E-state index contributed by atoms with van der Waals surface area (Å²) in [4.78, 5) is 16.5. The molecule has 5 rings (SSSR count). The maximum atomic E-state index is 4.95. The van der Waals surface area contributed by atoms with E-state index in [9.17, 15) is 0 Å². The molecule has 0 saturated carbocycles. The lowest BCUT2D eigenvalue weighted by atomic mass is 10.1. The van der Waals surface area contributed by atoms with Gasteiger partial charge in [-0.05, 0) is 44.0 Å². The molecule has 29 heavy (non-hydrogen) atoms. The fourth-order valence-corrected chi connectivity index (χ4v) is 4.05. The van der Waals surface area contributed by atoms with Gasteiger partial charge in [0.25, 0.3) is 0 Å². The number of benzene rings is 1. The van der Waals surface area contributed by atoms with Crippen LogP contribution in [0.15, 0.2) is 42.9 Å². The molecule has 4 aromatic rings. The quantitative estimate of drug-likeness (QED) is 0.561. The molecule has 0 bridgehead atoms. The van der Waals surface area contributed by atoms with Crippen molar-refractivity contribution in [2.75, 3.05) is 29.9 Å². The Morgan fingerprint density at radius 1 is 1.10 bits per heavy atom. The number of nitrogens with one attached hydrogen (secondary N) is 2. The highest BCUT2D eigenvalue weighted by Gasteiger charge is 2.18. The van der Waals surface area contributed by atoms with E-state index in [0.29, 0.717) is 6.04 Å². The zero-order valence-electron chi connectivity index (χ0n) is 17.0. The summed E-state index contributed by atoms with van der Waals surface area (Å²) in [5, 5.41) is 7.01. The number of rotatable bonds is 3. The summed E-state index contributed by atoms with van der Waals surface area (Å²) in [7, 11) is 0. The summed E-state index contributed by atoms with van der Waals surface area (Å²) in [6.45, 7) is 9.28. The number of aryl methyl sites for hydroxylation is 2. The minimum Gasteiger partial charge on any atom is -0.354 e. The Morgan fingerprint density at radius 2 is 1.93 bits per heavy atom. The molecule has 1 saturated heterocycles. The summed E-state index contributed by atoms with van der Waals surface area (Å²) in [5.74, 6) is 1.77. The third-order valence-corrected chi connectivity index (χ3v) is 5.60. The van der Waals surface area contributed by atoms with E-state index >= 15 is 0 Å².